The zero-order chi connectivity index (χ0) is 18.5. The number of methoxy groups -OCH3 is 1. The highest BCUT2D eigenvalue weighted by Crippen LogP contribution is 2.28. The Labute approximate surface area is 154 Å². The Balaban J connectivity index is 1.80. The van der Waals surface area contributed by atoms with Crippen molar-refractivity contribution in [2.45, 2.75) is 20.5 Å². The minimum Gasteiger partial charge on any atom is -0.489 e. The van der Waals surface area contributed by atoms with Crippen molar-refractivity contribution in [3.05, 3.63) is 71.3 Å². The summed E-state index contributed by atoms with van der Waals surface area (Å²) in [5, 5.41) is 3.23. The molecule has 0 aliphatic heterocycles. The second kappa shape index (κ2) is 7.91. The summed E-state index contributed by atoms with van der Waals surface area (Å²) in [7, 11) is 3.55. The van der Waals surface area contributed by atoms with Gasteiger partial charge in [0.15, 0.2) is 0 Å². The molecule has 0 bridgehead atoms. The summed E-state index contributed by atoms with van der Waals surface area (Å²) in [6.07, 6.45) is 0. The van der Waals surface area contributed by atoms with Crippen molar-refractivity contribution in [2.75, 3.05) is 19.5 Å². The molecule has 0 aliphatic rings. The molecule has 0 radical (unpaired) electrons. The second-order valence-electron chi connectivity index (χ2n) is 6.19. The normalized spacial score (nSPS) is 10.5. The van der Waals surface area contributed by atoms with Gasteiger partial charge in [0.1, 0.15) is 12.4 Å². The summed E-state index contributed by atoms with van der Waals surface area (Å²) in [6.45, 7) is 4.68. The lowest BCUT2D eigenvalue weighted by Gasteiger charge is -2.15. The zero-order valence-corrected chi connectivity index (χ0v) is 15.7. The number of anilines is 1. The lowest BCUT2D eigenvalue weighted by molar-refractivity contribution is 0.304. The first-order valence-electron chi connectivity index (χ1n) is 8.63. The molecular weight excluding hydrogens is 324 g/mol. The maximum Gasteiger partial charge on any atom is 0.213 e. The fraction of sp³-hybridized carbons (Fsp3) is 0.227. The summed E-state index contributed by atoms with van der Waals surface area (Å²) in [5.74, 6) is 1.49. The molecule has 0 atom stereocenters. The largest absolute Gasteiger partial charge is 0.489 e. The van der Waals surface area contributed by atoms with E-state index < -0.39 is 0 Å². The third-order valence-corrected chi connectivity index (χ3v) is 4.45. The average molecular weight is 348 g/mol. The lowest BCUT2D eigenvalue weighted by Crippen LogP contribution is -2.03. The topological polar surface area (TPSA) is 43.4 Å². The van der Waals surface area contributed by atoms with Crippen LogP contribution in [0.1, 0.15) is 16.7 Å². The van der Waals surface area contributed by atoms with Gasteiger partial charge in [-0.25, -0.2) is 4.98 Å². The van der Waals surface area contributed by atoms with E-state index in [1.165, 1.54) is 11.1 Å². The van der Waals surface area contributed by atoms with Crippen molar-refractivity contribution < 1.29 is 9.47 Å². The van der Waals surface area contributed by atoms with Gasteiger partial charge in [-0.15, -0.1) is 0 Å². The third kappa shape index (κ3) is 3.80. The van der Waals surface area contributed by atoms with E-state index in [9.17, 15) is 0 Å². The van der Waals surface area contributed by atoms with Crippen LogP contribution >= 0.6 is 0 Å². The molecule has 0 saturated carbocycles. The van der Waals surface area contributed by atoms with Crippen molar-refractivity contribution in [1.82, 2.24) is 4.98 Å². The average Bonchev–Trinajstić information content (AvgIpc) is 2.67. The van der Waals surface area contributed by atoms with Crippen LogP contribution in [0, 0.1) is 13.8 Å². The van der Waals surface area contributed by atoms with Crippen LogP contribution in [0.4, 0.5) is 5.69 Å². The minimum atomic E-state index is 0.528. The molecule has 4 nitrogen and oxygen atoms in total. The van der Waals surface area contributed by atoms with E-state index in [-0.39, 0.29) is 0 Å². The van der Waals surface area contributed by atoms with Crippen LogP contribution in [0.25, 0.3) is 11.3 Å². The van der Waals surface area contributed by atoms with Crippen LogP contribution in [0.2, 0.25) is 0 Å². The van der Waals surface area contributed by atoms with E-state index in [1.807, 2.05) is 43.4 Å². The smallest absolute Gasteiger partial charge is 0.213 e. The molecule has 1 aromatic heterocycles. The molecule has 1 N–H and O–H groups in total. The summed E-state index contributed by atoms with van der Waals surface area (Å²) >= 11 is 0. The maximum absolute atomic E-state index is 6.10. The number of rotatable bonds is 6. The number of hydrogen-bond donors (Lipinski definition) is 1. The number of aromatic nitrogens is 1. The predicted molar refractivity (Wildman–Crippen MR) is 106 cm³/mol. The Morgan fingerprint density at radius 1 is 0.962 bits per heavy atom. The SMILES string of the molecule is CNc1cccc(C)c1COc1ccc(-c2cccc(OC)n2)cc1C. The fourth-order valence-corrected chi connectivity index (χ4v) is 2.94. The number of pyridine rings is 1. The van der Waals surface area contributed by atoms with Crippen LogP contribution in [0.3, 0.4) is 0 Å². The van der Waals surface area contributed by atoms with E-state index in [0.717, 1.165) is 28.3 Å². The molecule has 0 aliphatic carbocycles. The quantitative estimate of drug-likeness (QED) is 0.681. The summed E-state index contributed by atoms with van der Waals surface area (Å²) in [6, 6.07) is 18.1. The first-order chi connectivity index (χ1) is 12.6. The molecule has 1 heterocycles. The number of nitrogens with zero attached hydrogens (tertiary/aromatic N) is 1. The summed E-state index contributed by atoms with van der Waals surface area (Å²) in [5.41, 5.74) is 6.49. The van der Waals surface area contributed by atoms with E-state index in [2.05, 4.69) is 42.3 Å². The van der Waals surface area contributed by atoms with Gasteiger partial charge in [-0.1, -0.05) is 18.2 Å². The van der Waals surface area contributed by atoms with Gasteiger partial charge in [0, 0.05) is 29.9 Å². The van der Waals surface area contributed by atoms with Crippen LogP contribution < -0.4 is 14.8 Å². The number of hydrogen-bond acceptors (Lipinski definition) is 4. The van der Waals surface area contributed by atoms with Crippen molar-refractivity contribution in [3.8, 4) is 22.9 Å². The van der Waals surface area contributed by atoms with Crippen molar-refractivity contribution in [1.29, 1.82) is 0 Å². The van der Waals surface area contributed by atoms with E-state index in [0.29, 0.717) is 12.5 Å². The third-order valence-electron chi connectivity index (χ3n) is 4.45. The molecular formula is C22H24N2O2. The van der Waals surface area contributed by atoms with Gasteiger partial charge >= 0.3 is 0 Å². The highest BCUT2D eigenvalue weighted by Gasteiger charge is 2.09. The molecule has 134 valence electrons. The molecule has 0 unspecified atom stereocenters. The molecule has 26 heavy (non-hydrogen) atoms. The second-order valence-corrected chi connectivity index (χ2v) is 6.19. The number of benzene rings is 2. The molecule has 0 amide bonds. The number of aryl methyl sites for hydroxylation is 2. The van der Waals surface area contributed by atoms with Crippen LogP contribution in [0.5, 0.6) is 11.6 Å². The van der Waals surface area contributed by atoms with E-state index in [1.54, 1.807) is 7.11 Å². The Hall–Kier alpha value is -3.01. The van der Waals surface area contributed by atoms with Crippen LogP contribution in [-0.4, -0.2) is 19.1 Å². The highest BCUT2D eigenvalue weighted by atomic mass is 16.5. The van der Waals surface area contributed by atoms with Crippen molar-refractivity contribution in [2.24, 2.45) is 0 Å². The van der Waals surface area contributed by atoms with Crippen molar-refractivity contribution >= 4 is 5.69 Å². The molecule has 0 fully saturated rings. The number of ether oxygens (including phenoxy) is 2. The van der Waals surface area contributed by atoms with Gasteiger partial charge in [-0.3, -0.25) is 0 Å². The Kier molecular flexibility index (Phi) is 5.42. The molecule has 3 rings (SSSR count). The van der Waals surface area contributed by atoms with Crippen LogP contribution in [-0.2, 0) is 6.61 Å². The molecule has 2 aromatic carbocycles. The minimum absolute atomic E-state index is 0.528. The fourth-order valence-electron chi connectivity index (χ4n) is 2.94. The van der Waals surface area contributed by atoms with Gasteiger partial charge in [-0.2, -0.15) is 0 Å². The maximum atomic E-state index is 6.10. The molecule has 4 heteroatoms. The Morgan fingerprint density at radius 2 is 1.77 bits per heavy atom. The standard InChI is InChI=1S/C22H24N2O2/c1-15-7-5-9-20(23-3)18(15)14-26-21-12-11-17(13-16(21)2)19-8-6-10-22(24-19)25-4/h5-13,23H,14H2,1-4H3. The number of nitrogens with one attached hydrogen (secondary N) is 1. The zero-order valence-electron chi connectivity index (χ0n) is 15.7. The molecule has 0 spiro atoms. The van der Waals surface area contributed by atoms with E-state index in [4.69, 9.17) is 9.47 Å². The van der Waals surface area contributed by atoms with Gasteiger partial charge in [-0.05, 0) is 55.3 Å². The summed E-state index contributed by atoms with van der Waals surface area (Å²) in [4.78, 5) is 4.49. The lowest BCUT2D eigenvalue weighted by atomic mass is 10.1. The predicted octanol–water partition coefficient (Wildman–Crippen LogP) is 4.99. The van der Waals surface area contributed by atoms with Crippen molar-refractivity contribution in [3.63, 3.8) is 0 Å². The van der Waals surface area contributed by atoms with Gasteiger partial charge < -0.3 is 14.8 Å². The Morgan fingerprint density at radius 3 is 2.50 bits per heavy atom. The highest BCUT2D eigenvalue weighted by molar-refractivity contribution is 5.62. The van der Waals surface area contributed by atoms with Crippen LogP contribution in [0.15, 0.2) is 54.6 Å². The van der Waals surface area contributed by atoms with Gasteiger partial charge in [0.25, 0.3) is 0 Å². The first-order valence-corrected chi connectivity index (χ1v) is 8.63. The Bertz CT molecular complexity index is 906. The summed E-state index contributed by atoms with van der Waals surface area (Å²) < 4.78 is 11.3. The van der Waals surface area contributed by atoms with E-state index >= 15 is 0 Å². The monoisotopic (exact) mass is 348 g/mol. The molecule has 0 saturated heterocycles. The molecule has 3 aromatic rings. The first kappa shape index (κ1) is 17.8. The van der Waals surface area contributed by atoms with Gasteiger partial charge in [0.05, 0.1) is 12.8 Å². The van der Waals surface area contributed by atoms with Gasteiger partial charge in [0.2, 0.25) is 5.88 Å².